The summed E-state index contributed by atoms with van der Waals surface area (Å²) in [4.78, 5) is 16.2. The van der Waals surface area contributed by atoms with E-state index in [0.717, 1.165) is 38.0 Å². The summed E-state index contributed by atoms with van der Waals surface area (Å²) in [5, 5.41) is 12.1. The Kier molecular flexibility index (Phi) is 10.5. The van der Waals surface area contributed by atoms with E-state index < -0.39 is 0 Å². The van der Waals surface area contributed by atoms with Gasteiger partial charge in [-0.2, -0.15) is 0 Å². The smallest absolute Gasteiger partial charge is 0.125 e. The van der Waals surface area contributed by atoms with Crippen LogP contribution in [-0.4, -0.2) is 20.1 Å². The minimum absolute atomic E-state index is 0.178. The Balaban J connectivity index is 1.61. The van der Waals surface area contributed by atoms with Crippen LogP contribution in [0.5, 0.6) is 5.75 Å². The van der Waals surface area contributed by atoms with Crippen LogP contribution in [0.15, 0.2) is 119 Å². The van der Waals surface area contributed by atoms with Crippen LogP contribution in [0.1, 0.15) is 101 Å². The van der Waals surface area contributed by atoms with Crippen LogP contribution in [0.4, 0.5) is 0 Å². The van der Waals surface area contributed by atoms with E-state index in [0.29, 0.717) is 34.9 Å². The van der Waals surface area contributed by atoms with E-state index in [1.165, 1.54) is 27.8 Å². The van der Waals surface area contributed by atoms with Gasteiger partial charge in [-0.05, 0) is 112 Å². The molecule has 254 valence electrons. The predicted octanol–water partition coefficient (Wildman–Crippen LogP) is 12.9. The fraction of sp³-hybridized carbons (Fsp3) is 0.267. The Labute approximate surface area is 302 Å². The third-order valence-corrected chi connectivity index (χ3v) is 10.2. The first kappa shape index (κ1) is 35.1. The highest BCUT2D eigenvalue weighted by Crippen LogP contribution is 2.42. The number of pyridine rings is 1. The molecule has 0 aliphatic rings. The number of aromatic hydroxyl groups is 1. The molecular formula is C45H47N3OS. The van der Waals surface area contributed by atoms with Crippen LogP contribution in [0, 0.1) is 0 Å². The topological polar surface area (TPSA) is 58.9 Å². The summed E-state index contributed by atoms with van der Waals surface area (Å²) >= 11 is 1.65. The van der Waals surface area contributed by atoms with Crippen molar-refractivity contribution in [3.05, 3.63) is 132 Å². The Hall–Kier alpha value is -4.74. The van der Waals surface area contributed by atoms with Crippen LogP contribution < -0.4 is 0 Å². The second-order valence-corrected chi connectivity index (χ2v) is 15.4. The molecule has 0 aliphatic carbocycles. The minimum atomic E-state index is 0.178. The second kappa shape index (κ2) is 15.0. The minimum Gasteiger partial charge on any atom is -0.507 e. The van der Waals surface area contributed by atoms with Crippen molar-refractivity contribution in [2.45, 2.75) is 89.0 Å². The number of hydrogen-bond acceptors (Lipinski definition) is 5. The summed E-state index contributed by atoms with van der Waals surface area (Å²) in [6, 6.07) is 33.6. The lowest BCUT2D eigenvalue weighted by Gasteiger charge is -2.21. The van der Waals surface area contributed by atoms with Gasteiger partial charge in [0, 0.05) is 27.8 Å². The molecule has 0 fully saturated rings. The highest BCUT2D eigenvalue weighted by Gasteiger charge is 2.21. The molecule has 5 heteroatoms. The lowest BCUT2D eigenvalue weighted by Crippen LogP contribution is -2.01. The number of hydrogen-bond donors (Lipinski definition) is 1. The summed E-state index contributed by atoms with van der Waals surface area (Å²) < 4.78 is 0. The van der Waals surface area contributed by atoms with Crippen molar-refractivity contribution in [1.29, 1.82) is 0 Å². The van der Waals surface area contributed by atoms with Gasteiger partial charge in [0.05, 0.1) is 17.6 Å². The van der Waals surface area contributed by atoms with Gasteiger partial charge in [-0.15, -0.1) is 0 Å². The molecule has 4 aromatic carbocycles. The number of aromatic nitrogens is 3. The van der Waals surface area contributed by atoms with Crippen LogP contribution in [0.2, 0.25) is 0 Å². The van der Waals surface area contributed by atoms with Crippen molar-refractivity contribution in [3.63, 3.8) is 0 Å². The van der Waals surface area contributed by atoms with Crippen molar-refractivity contribution in [2.75, 3.05) is 0 Å². The van der Waals surface area contributed by atoms with Crippen molar-refractivity contribution < 1.29 is 5.11 Å². The molecule has 0 spiro atoms. The first-order chi connectivity index (χ1) is 24.0. The maximum atomic E-state index is 11.2. The monoisotopic (exact) mass is 677 g/mol. The largest absolute Gasteiger partial charge is 0.507 e. The maximum absolute atomic E-state index is 11.2. The van der Waals surface area contributed by atoms with Gasteiger partial charge in [0.25, 0.3) is 0 Å². The highest BCUT2D eigenvalue weighted by molar-refractivity contribution is 7.99. The van der Waals surface area contributed by atoms with Gasteiger partial charge in [0.15, 0.2) is 0 Å². The average Bonchev–Trinajstić information content (AvgIpc) is 3.11. The quantitative estimate of drug-likeness (QED) is 0.156. The first-order valence-electron chi connectivity index (χ1n) is 17.7. The van der Waals surface area contributed by atoms with Crippen LogP contribution in [-0.2, 0) is 0 Å². The summed E-state index contributed by atoms with van der Waals surface area (Å²) in [7, 11) is 0. The summed E-state index contributed by atoms with van der Waals surface area (Å²) in [5.41, 5.74) is 12.4. The number of benzene rings is 4. The SMILES string of the molecule is CC(C)c1cc(-c2ncc(-c3cc(Sc4ccccn4)cc(-c4c(C(C)C)cccc4C(C)C)c3)nc2-c2ccccc2O)cc(C(C)C)c1. The van der Waals surface area contributed by atoms with E-state index in [1.54, 1.807) is 17.8 Å². The molecule has 0 bridgehead atoms. The summed E-state index contributed by atoms with van der Waals surface area (Å²) in [5.74, 6) is 1.59. The summed E-state index contributed by atoms with van der Waals surface area (Å²) in [6.07, 6.45) is 3.72. The Morgan fingerprint density at radius 2 is 1.20 bits per heavy atom. The predicted molar refractivity (Wildman–Crippen MR) is 210 cm³/mol. The molecule has 6 rings (SSSR count). The van der Waals surface area contributed by atoms with Crippen LogP contribution in [0.25, 0.3) is 44.9 Å². The average molecular weight is 678 g/mol. The highest BCUT2D eigenvalue weighted by atomic mass is 32.2. The number of phenols is 1. The first-order valence-corrected chi connectivity index (χ1v) is 18.5. The maximum Gasteiger partial charge on any atom is 0.125 e. The molecule has 0 saturated carbocycles. The number of phenolic OH excluding ortho intramolecular Hbond substituents is 1. The molecule has 1 N–H and O–H groups in total. The molecular weight excluding hydrogens is 631 g/mol. The zero-order chi connectivity index (χ0) is 35.5. The molecule has 0 aliphatic heterocycles. The standard InChI is InChI=1S/C45H47N3OS/c1-27(2)31-20-32(28(3)4)22-35(21-31)44-45(39-14-9-10-17-41(39)49)48-40(26-47-44)33-23-34(25-36(24-33)50-42-18-11-12-19-46-42)43-37(29(5)6)15-13-16-38(43)30(7)8/h9-30,49H,1-8H3. The molecule has 50 heavy (non-hydrogen) atoms. The van der Waals surface area contributed by atoms with E-state index in [2.05, 4.69) is 115 Å². The van der Waals surface area contributed by atoms with Gasteiger partial charge in [-0.25, -0.2) is 9.97 Å². The fourth-order valence-corrected chi connectivity index (χ4v) is 7.32. The molecule has 0 unspecified atom stereocenters. The molecule has 6 aromatic rings. The van der Waals surface area contributed by atoms with Gasteiger partial charge in [-0.3, -0.25) is 4.98 Å². The van der Waals surface area contributed by atoms with Gasteiger partial charge < -0.3 is 5.11 Å². The van der Waals surface area contributed by atoms with Gasteiger partial charge in [0.1, 0.15) is 16.5 Å². The van der Waals surface area contributed by atoms with E-state index in [1.807, 2.05) is 48.8 Å². The molecule has 0 atom stereocenters. The van der Waals surface area contributed by atoms with E-state index in [-0.39, 0.29) is 5.75 Å². The Morgan fingerprint density at radius 3 is 1.80 bits per heavy atom. The van der Waals surface area contributed by atoms with Crippen LogP contribution in [0.3, 0.4) is 0 Å². The van der Waals surface area contributed by atoms with E-state index >= 15 is 0 Å². The second-order valence-electron chi connectivity index (χ2n) is 14.3. The zero-order valence-electron chi connectivity index (χ0n) is 30.4. The molecule has 2 heterocycles. The molecule has 2 aromatic heterocycles. The normalized spacial score (nSPS) is 11.7. The number of nitrogens with zero attached hydrogens (tertiary/aromatic N) is 3. The lowest BCUT2D eigenvalue weighted by atomic mass is 9.84. The van der Waals surface area contributed by atoms with Crippen molar-refractivity contribution in [1.82, 2.24) is 15.0 Å². The number of para-hydroxylation sites is 1. The van der Waals surface area contributed by atoms with Crippen molar-refractivity contribution in [3.8, 4) is 50.6 Å². The molecule has 4 nitrogen and oxygen atoms in total. The van der Waals surface area contributed by atoms with Crippen molar-refractivity contribution >= 4 is 11.8 Å². The molecule has 0 amide bonds. The molecule has 0 saturated heterocycles. The van der Waals surface area contributed by atoms with Gasteiger partial charge in [0.2, 0.25) is 0 Å². The molecule has 0 radical (unpaired) electrons. The van der Waals surface area contributed by atoms with E-state index in [4.69, 9.17) is 9.97 Å². The fourth-order valence-electron chi connectivity index (χ4n) is 6.44. The van der Waals surface area contributed by atoms with Gasteiger partial charge in [-0.1, -0.05) is 110 Å². The van der Waals surface area contributed by atoms with Crippen molar-refractivity contribution in [2.24, 2.45) is 0 Å². The third-order valence-electron chi connectivity index (χ3n) is 9.24. The Morgan fingerprint density at radius 1 is 0.560 bits per heavy atom. The third kappa shape index (κ3) is 7.53. The summed E-state index contributed by atoms with van der Waals surface area (Å²) in [6.45, 7) is 17.9. The van der Waals surface area contributed by atoms with Gasteiger partial charge >= 0.3 is 0 Å². The zero-order valence-corrected chi connectivity index (χ0v) is 31.2. The van der Waals surface area contributed by atoms with Crippen LogP contribution >= 0.6 is 11.8 Å². The number of rotatable bonds is 10. The Bertz CT molecular complexity index is 2070. The lowest BCUT2D eigenvalue weighted by molar-refractivity contribution is 0.477. The van der Waals surface area contributed by atoms with E-state index in [9.17, 15) is 5.11 Å².